The Kier molecular flexibility index (Phi) is 14.3. The van der Waals surface area contributed by atoms with Crippen LogP contribution in [0.1, 0.15) is 117 Å². The van der Waals surface area contributed by atoms with Crippen molar-refractivity contribution in [1.29, 1.82) is 0 Å². The quantitative estimate of drug-likeness (QED) is 0.0753. The number of methoxy groups -OCH3 is 1. The van der Waals surface area contributed by atoms with Gasteiger partial charge in [0.1, 0.15) is 30.1 Å². The van der Waals surface area contributed by atoms with Crippen LogP contribution < -0.4 is 24.8 Å². The van der Waals surface area contributed by atoms with Gasteiger partial charge in [-0.25, -0.2) is 19.5 Å². The fourth-order valence-electron chi connectivity index (χ4n) is 12.3. The molecule has 3 fully saturated rings. The predicted octanol–water partition coefficient (Wildman–Crippen LogP) is 6.24. The molecule has 5 aliphatic heterocycles. The molecule has 77 heavy (non-hydrogen) atoms. The average molecular weight is 1090 g/mol. The van der Waals surface area contributed by atoms with Crippen LogP contribution in [-0.2, 0) is 37.9 Å². The van der Waals surface area contributed by atoms with Gasteiger partial charge >= 0.3 is 7.82 Å². The summed E-state index contributed by atoms with van der Waals surface area (Å²) in [4.78, 5) is 112. The topological polar surface area (TPSA) is 252 Å². The number of ether oxygens (including phenoxy) is 1. The highest BCUT2D eigenvalue weighted by Crippen LogP contribution is 2.43. The number of aliphatic hydroxyl groups excluding tert-OH is 1. The number of thiophene rings is 1. The molecular weight excluding hydrogens is 1030 g/mol. The summed E-state index contributed by atoms with van der Waals surface area (Å²) < 4.78 is 21.4. The van der Waals surface area contributed by atoms with Crippen molar-refractivity contribution in [3.63, 3.8) is 0 Å². The number of anilines is 5. The lowest BCUT2D eigenvalue weighted by Gasteiger charge is -2.48. The Hall–Kier alpha value is -6.65. The molecule has 1 aliphatic carbocycles. The van der Waals surface area contributed by atoms with Crippen molar-refractivity contribution in [2.24, 2.45) is 0 Å². The van der Waals surface area contributed by atoms with Gasteiger partial charge in [0.2, 0.25) is 11.8 Å². The van der Waals surface area contributed by atoms with E-state index in [1.165, 1.54) is 16.0 Å². The Morgan fingerprint density at radius 3 is 2.32 bits per heavy atom. The number of piperidine rings is 2. The number of nitrogens with zero attached hydrogens (tertiary/aromatic N) is 9. The number of nitrogens with one attached hydrogen (secondary N) is 1. The molecular formula is C54H61N10O11PS. The number of hydrogen-bond acceptors (Lipinski definition) is 17. The first kappa shape index (κ1) is 52.4. The third-order valence-corrected chi connectivity index (χ3v) is 17.8. The number of piperazine rings is 1. The maximum atomic E-state index is 14.1. The number of carbonyl (C=O) groups excluding carboxylic acids is 5. The summed E-state index contributed by atoms with van der Waals surface area (Å²) >= 11 is 1.62. The van der Waals surface area contributed by atoms with E-state index in [-0.39, 0.29) is 42.0 Å². The molecule has 21 nitrogen and oxygen atoms in total. The molecule has 11 rings (SSSR count). The third-order valence-electron chi connectivity index (χ3n) is 16.1. The summed E-state index contributed by atoms with van der Waals surface area (Å²) in [6, 6.07) is 12.1. The monoisotopic (exact) mass is 1090 g/mol. The van der Waals surface area contributed by atoms with Gasteiger partial charge in [-0.15, -0.1) is 11.3 Å². The number of fused-ring (bicyclic) bond motifs is 4. The fourth-order valence-corrected chi connectivity index (χ4v) is 13.9. The van der Waals surface area contributed by atoms with E-state index in [0.29, 0.717) is 63.9 Å². The first-order valence-corrected chi connectivity index (χ1v) is 28.6. The Labute approximate surface area is 449 Å². The minimum atomic E-state index is -5.01. The number of benzene rings is 1. The van der Waals surface area contributed by atoms with Gasteiger partial charge in [-0.1, -0.05) is 0 Å². The summed E-state index contributed by atoms with van der Waals surface area (Å²) in [7, 11) is -3.45. The molecule has 1 aromatic carbocycles. The van der Waals surface area contributed by atoms with Crippen molar-refractivity contribution in [2.45, 2.75) is 109 Å². The van der Waals surface area contributed by atoms with Crippen LogP contribution in [0.15, 0.2) is 61.1 Å². The molecule has 3 saturated heterocycles. The van der Waals surface area contributed by atoms with Gasteiger partial charge in [-0.05, 0) is 131 Å². The normalized spacial score (nSPS) is 22.6. The largest absolute Gasteiger partial charge is 0.480 e. The van der Waals surface area contributed by atoms with E-state index in [9.17, 15) is 33.6 Å². The lowest BCUT2D eigenvalue weighted by Crippen LogP contribution is -2.58. The molecule has 23 heteroatoms. The SMILES string of the molecule is COc1ncc(-c2ccnc(N3CCc4c(sc5c4CCCC5)C3=O)c2[C@@H](C)O)cc1Nc1ccc(N2CCN(C3CCN(c4ccc5c(c4)C(=O)N(C4CCC(=O)N(COP(=O)(O)O)C4=O)C5=O)[C@@H](C)C3)C[C@@H]2C)cn1. The number of amides is 5. The minimum absolute atomic E-state index is 0.0651. The van der Waals surface area contributed by atoms with E-state index < -0.39 is 50.3 Å². The average Bonchev–Trinajstić information content (AvgIpc) is 4.03. The van der Waals surface area contributed by atoms with E-state index in [1.54, 1.807) is 54.8 Å². The predicted molar refractivity (Wildman–Crippen MR) is 287 cm³/mol. The number of likely N-dealkylation sites (tertiary alicyclic amines) is 1. The smallest absolute Gasteiger partial charge is 0.471 e. The second kappa shape index (κ2) is 21.0. The van der Waals surface area contributed by atoms with Crippen molar-refractivity contribution in [3.05, 3.63) is 98.6 Å². The van der Waals surface area contributed by atoms with Crippen LogP contribution in [-0.4, -0.2) is 145 Å². The number of aromatic nitrogens is 3. The Balaban J connectivity index is 0.718. The number of aryl methyl sites for hydroxylation is 1. The van der Waals surface area contributed by atoms with E-state index in [2.05, 4.69) is 49.4 Å². The first-order valence-electron chi connectivity index (χ1n) is 26.2. The molecule has 4 N–H and O–H groups in total. The number of phosphoric acid groups is 1. The molecule has 0 saturated carbocycles. The molecule has 404 valence electrons. The summed E-state index contributed by atoms with van der Waals surface area (Å²) in [5, 5.41) is 14.7. The molecule has 0 spiro atoms. The molecule has 2 unspecified atom stereocenters. The van der Waals surface area contributed by atoms with E-state index in [4.69, 9.17) is 24.5 Å². The number of carbonyl (C=O) groups is 5. The molecule has 5 atom stereocenters. The van der Waals surface area contributed by atoms with Crippen molar-refractivity contribution in [1.82, 2.24) is 29.7 Å². The number of pyridine rings is 3. The lowest BCUT2D eigenvalue weighted by atomic mass is 9.91. The van der Waals surface area contributed by atoms with Gasteiger partial charge in [0, 0.05) is 91.4 Å². The van der Waals surface area contributed by atoms with E-state index in [1.807, 2.05) is 30.5 Å². The van der Waals surface area contributed by atoms with Crippen LogP contribution in [0.2, 0.25) is 0 Å². The fraction of sp³-hybridized carbons (Fsp3) is 0.444. The van der Waals surface area contributed by atoms with Crippen LogP contribution in [0.5, 0.6) is 5.88 Å². The number of aliphatic hydroxyl groups is 1. The molecule has 0 radical (unpaired) electrons. The highest BCUT2D eigenvalue weighted by Gasteiger charge is 2.48. The highest BCUT2D eigenvalue weighted by atomic mass is 32.1. The summed E-state index contributed by atoms with van der Waals surface area (Å²) in [6.07, 6.45) is 10.8. The summed E-state index contributed by atoms with van der Waals surface area (Å²) in [6.45, 7) is 8.76. The lowest BCUT2D eigenvalue weighted by molar-refractivity contribution is -0.155. The Morgan fingerprint density at radius 1 is 0.805 bits per heavy atom. The van der Waals surface area contributed by atoms with Gasteiger partial charge in [0.15, 0.2) is 0 Å². The zero-order valence-electron chi connectivity index (χ0n) is 43.3. The zero-order chi connectivity index (χ0) is 54.0. The van der Waals surface area contributed by atoms with E-state index >= 15 is 0 Å². The first-order chi connectivity index (χ1) is 37.0. The summed E-state index contributed by atoms with van der Waals surface area (Å²) in [5.74, 6) is -1.66. The van der Waals surface area contributed by atoms with Gasteiger partial charge in [-0.3, -0.25) is 48.1 Å². The molecule has 4 aromatic heterocycles. The molecule has 5 aromatic rings. The van der Waals surface area contributed by atoms with Crippen molar-refractivity contribution in [2.75, 3.05) is 66.6 Å². The molecule has 6 aliphatic rings. The summed E-state index contributed by atoms with van der Waals surface area (Å²) in [5.41, 5.74) is 7.18. The van der Waals surface area contributed by atoms with Gasteiger partial charge < -0.3 is 34.7 Å². The van der Waals surface area contributed by atoms with Crippen LogP contribution >= 0.6 is 19.2 Å². The number of imide groups is 2. The standard InChI is InChI=1S/C54H61N10O11PS/c1-30-23-34(16-19-60(30)35-9-11-40-41(25-35)52(68)64(51(40)67)43-12-14-46(66)63(53(43)69)29-75-76(71,72)73)59-21-22-61(31(2)28-59)36-10-13-45(56-27-36)58-42-24-33(26-57-50(42)74-4)37-15-18-55-49(47(37)32(3)65)62-20-17-39-38-7-5-6-8-44(38)77-48(39)54(62)70/h9-11,13,15,18,24-27,30-32,34,43,65H,5-8,12,14,16-17,19-23,28-29H2,1-4H3,(H,56,58)(H2,71,72,73)/t30-,31-,32+,34?,43?/m0/s1. The maximum absolute atomic E-state index is 14.1. The van der Waals surface area contributed by atoms with Gasteiger partial charge in [0.05, 0.1) is 41.1 Å². The Bertz CT molecular complexity index is 3240. The van der Waals surface area contributed by atoms with Crippen LogP contribution in [0.3, 0.4) is 0 Å². The zero-order valence-corrected chi connectivity index (χ0v) is 45.0. The minimum Gasteiger partial charge on any atom is -0.480 e. The number of phosphoric ester groups is 1. The van der Waals surface area contributed by atoms with Crippen LogP contribution in [0.25, 0.3) is 11.1 Å². The Morgan fingerprint density at radius 2 is 1.58 bits per heavy atom. The van der Waals surface area contributed by atoms with Gasteiger partial charge in [-0.2, -0.15) is 0 Å². The van der Waals surface area contributed by atoms with Crippen molar-refractivity contribution in [3.8, 4) is 17.0 Å². The third kappa shape index (κ3) is 9.89. The molecule has 9 heterocycles. The van der Waals surface area contributed by atoms with Crippen LogP contribution in [0.4, 0.5) is 28.7 Å². The van der Waals surface area contributed by atoms with Crippen molar-refractivity contribution >= 4 is 77.4 Å². The van der Waals surface area contributed by atoms with E-state index in [0.717, 1.165) is 85.7 Å². The number of hydrogen-bond donors (Lipinski definition) is 4. The highest BCUT2D eigenvalue weighted by molar-refractivity contribution is 7.46. The second-order valence-electron chi connectivity index (χ2n) is 20.7. The van der Waals surface area contributed by atoms with Crippen LogP contribution in [0, 0.1) is 0 Å². The maximum Gasteiger partial charge on any atom is 0.471 e. The second-order valence-corrected chi connectivity index (χ2v) is 23.1. The number of rotatable bonds is 13. The molecule has 0 bridgehead atoms. The van der Waals surface area contributed by atoms with Crippen molar-refractivity contribution < 1.29 is 52.7 Å². The molecule has 5 amide bonds. The van der Waals surface area contributed by atoms with Gasteiger partial charge in [0.25, 0.3) is 23.6 Å².